The summed E-state index contributed by atoms with van der Waals surface area (Å²) in [7, 11) is 0. The number of ether oxygens (including phenoxy) is 2. The van der Waals surface area contributed by atoms with Crippen molar-refractivity contribution in [3.63, 3.8) is 0 Å². The van der Waals surface area contributed by atoms with Crippen LogP contribution in [-0.4, -0.2) is 49.1 Å². The Morgan fingerprint density at radius 2 is 2.27 bits per heavy atom. The molecule has 0 bridgehead atoms. The van der Waals surface area contributed by atoms with Gasteiger partial charge in [-0.25, -0.2) is 0 Å². The molecule has 1 fully saturated rings. The lowest BCUT2D eigenvalue weighted by Gasteiger charge is -2.24. The zero-order valence-electron chi connectivity index (χ0n) is 6.49. The smallest absolute Gasteiger partial charge is 0.0698 e. The van der Waals surface area contributed by atoms with Crippen molar-refractivity contribution in [1.29, 1.82) is 0 Å². The van der Waals surface area contributed by atoms with Gasteiger partial charge in [-0.2, -0.15) is 11.8 Å². The molecule has 0 aliphatic carbocycles. The number of rotatable bonds is 6. The van der Waals surface area contributed by atoms with Gasteiger partial charge in [-0.05, 0) is 0 Å². The molecule has 0 spiro atoms. The average molecular weight is 178 g/mol. The van der Waals surface area contributed by atoms with Gasteiger partial charge in [0, 0.05) is 5.75 Å². The highest BCUT2D eigenvalue weighted by Crippen LogP contribution is 2.18. The van der Waals surface area contributed by atoms with Crippen LogP contribution in [0.25, 0.3) is 0 Å². The van der Waals surface area contributed by atoms with Crippen LogP contribution in [0, 0.1) is 0 Å². The fourth-order valence-electron chi connectivity index (χ4n) is 0.751. The van der Waals surface area contributed by atoms with E-state index >= 15 is 0 Å². The molecular formula is C7H14O3S. The van der Waals surface area contributed by atoms with E-state index in [0.29, 0.717) is 11.9 Å². The fraction of sp³-hybridized carbons (Fsp3) is 1.00. The number of hydrogen-bond donors (Lipinski definition) is 1. The van der Waals surface area contributed by atoms with Crippen LogP contribution >= 0.6 is 11.8 Å². The highest BCUT2D eigenvalue weighted by Gasteiger charge is 2.17. The van der Waals surface area contributed by atoms with E-state index in [1.165, 1.54) is 0 Å². The van der Waals surface area contributed by atoms with Crippen molar-refractivity contribution in [3.8, 4) is 0 Å². The molecule has 1 saturated heterocycles. The molecule has 11 heavy (non-hydrogen) atoms. The Hall–Kier alpha value is 0.230. The molecule has 1 heterocycles. The predicted octanol–water partition coefficient (Wildman–Crippen LogP) is 0.127. The lowest BCUT2D eigenvalue weighted by Crippen LogP contribution is -2.30. The monoisotopic (exact) mass is 178 g/mol. The molecule has 1 rings (SSSR count). The van der Waals surface area contributed by atoms with Crippen LogP contribution in [0.3, 0.4) is 0 Å². The van der Waals surface area contributed by atoms with Crippen molar-refractivity contribution in [3.05, 3.63) is 0 Å². The molecular weight excluding hydrogens is 164 g/mol. The molecule has 1 aliphatic heterocycles. The van der Waals surface area contributed by atoms with Gasteiger partial charge in [-0.1, -0.05) is 0 Å². The van der Waals surface area contributed by atoms with Crippen molar-refractivity contribution < 1.29 is 14.6 Å². The van der Waals surface area contributed by atoms with E-state index in [0.717, 1.165) is 25.6 Å². The van der Waals surface area contributed by atoms with Gasteiger partial charge < -0.3 is 14.6 Å². The second kappa shape index (κ2) is 5.83. The predicted molar refractivity (Wildman–Crippen MR) is 45.0 cm³/mol. The molecule has 66 valence electrons. The zero-order chi connectivity index (χ0) is 7.94. The third-order valence-corrected chi connectivity index (χ3v) is 2.57. The van der Waals surface area contributed by atoms with Crippen LogP contribution in [-0.2, 0) is 9.47 Å². The molecule has 0 unspecified atom stereocenters. The maximum Gasteiger partial charge on any atom is 0.0698 e. The van der Waals surface area contributed by atoms with E-state index in [1.54, 1.807) is 0 Å². The Morgan fingerprint density at radius 1 is 1.45 bits per heavy atom. The molecule has 3 nitrogen and oxygen atoms in total. The Balaban J connectivity index is 1.73. The first-order valence-corrected chi connectivity index (χ1v) is 4.86. The summed E-state index contributed by atoms with van der Waals surface area (Å²) in [5.74, 6) is 1.01. The van der Waals surface area contributed by atoms with Gasteiger partial charge in [0.25, 0.3) is 0 Å². The highest BCUT2D eigenvalue weighted by molar-refractivity contribution is 8.00. The van der Waals surface area contributed by atoms with E-state index in [-0.39, 0.29) is 6.61 Å². The maximum atomic E-state index is 8.38. The largest absolute Gasteiger partial charge is 0.394 e. The summed E-state index contributed by atoms with van der Waals surface area (Å²) in [5.41, 5.74) is 0. The van der Waals surface area contributed by atoms with Gasteiger partial charge >= 0.3 is 0 Å². The number of hydrogen-bond acceptors (Lipinski definition) is 4. The van der Waals surface area contributed by atoms with Crippen LogP contribution in [0.2, 0.25) is 0 Å². The molecule has 0 aromatic carbocycles. The Labute approximate surface area is 71.1 Å². The summed E-state index contributed by atoms with van der Waals surface area (Å²) in [5, 5.41) is 9.07. The van der Waals surface area contributed by atoms with Crippen molar-refractivity contribution in [2.75, 3.05) is 38.8 Å². The first-order chi connectivity index (χ1) is 5.43. The molecule has 1 aliphatic rings. The molecule has 0 saturated carbocycles. The first-order valence-electron chi connectivity index (χ1n) is 3.81. The summed E-state index contributed by atoms with van der Waals surface area (Å²) in [6.45, 7) is 3.11. The summed E-state index contributed by atoms with van der Waals surface area (Å²) in [6, 6.07) is 0. The molecule has 1 N–H and O–H groups in total. The topological polar surface area (TPSA) is 38.7 Å². The third-order valence-electron chi connectivity index (χ3n) is 1.42. The minimum atomic E-state index is 0.122. The first kappa shape index (κ1) is 9.32. The second-order valence-corrected chi connectivity index (χ2v) is 3.77. The third kappa shape index (κ3) is 3.96. The van der Waals surface area contributed by atoms with Crippen molar-refractivity contribution >= 4 is 11.8 Å². The standard InChI is InChI=1S/C7H14O3S/c8-1-2-9-3-4-11-7-5-10-6-7/h7-8H,1-6H2. The summed E-state index contributed by atoms with van der Waals surface area (Å²) < 4.78 is 10.1. The Bertz CT molecular complexity index is 95.7. The molecule has 0 atom stereocenters. The Morgan fingerprint density at radius 3 is 2.82 bits per heavy atom. The number of aliphatic hydroxyl groups is 1. The van der Waals surface area contributed by atoms with Crippen LogP contribution in [0.1, 0.15) is 0 Å². The minimum Gasteiger partial charge on any atom is -0.394 e. The van der Waals surface area contributed by atoms with Crippen molar-refractivity contribution in [2.45, 2.75) is 5.25 Å². The van der Waals surface area contributed by atoms with E-state index in [1.807, 2.05) is 11.8 Å². The normalized spacial score (nSPS) is 18.3. The van der Waals surface area contributed by atoms with Crippen LogP contribution in [0.4, 0.5) is 0 Å². The van der Waals surface area contributed by atoms with Gasteiger partial charge in [0.05, 0.1) is 38.3 Å². The Kier molecular flexibility index (Phi) is 4.94. The van der Waals surface area contributed by atoms with Gasteiger partial charge in [-0.15, -0.1) is 0 Å². The lowest BCUT2D eigenvalue weighted by atomic mass is 10.4. The molecule has 4 heteroatoms. The van der Waals surface area contributed by atoms with Gasteiger partial charge in [0.1, 0.15) is 0 Å². The number of aliphatic hydroxyl groups excluding tert-OH is 1. The zero-order valence-corrected chi connectivity index (χ0v) is 7.31. The SMILES string of the molecule is OCCOCCSC1COC1. The maximum absolute atomic E-state index is 8.38. The average Bonchev–Trinajstić information content (AvgIpc) is 1.93. The van der Waals surface area contributed by atoms with E-state index < -0.39 is 0 Å². The fourth-order valence-corrected chi connectivity index (χ4v) is 1.68. The summed E-state index contributed by atoms with van der Waals surface area (Å²) >= 11 is 1.88. The van der Waals surface area contributed by atoms with Crippen LogP contribution in [0.15, 0.2) is 0 Å². The molecule has 0 aromatic rings. The van der Waals surface area contributed by atoms with Crippen LogP contribution < -0.4 is 0 Å². The molecule has 0 aromatic heterocycles. The van der Waals surface area contributed by atoms with Crippen LogP contribution in [0.5, 0.6) is 0 Å². The lowest BCUT2D eigenvalue weighted by molar-refractivity contribution is 0.0451. The van der Waals surface area contributed by atoms with Crippen molar-refractivity contribution in [2.24, 2.45) is 0 Å². The second-order valence-electron chi connectivity index (χ2n) is 2.37. The molecule has 0 amide bonds. The van der Waals surface area contributed by atoms with Gasteiger partial charge in [-0.3, -0.25) is 0 Å². The van der Waals surface area contributed by atoms with Gasteiger partial charge in [0.15, 0.2) is 0 Å². The summed E-state index contributed by atoms with van der Waals surface area (Å²) in [6.07, 6.45) is 0. The van der Waals surface area contributed by atoms with E-state index in [2.05, 4.69) is 0 Å². The molecule has 0 radical (unpaired) electrons. The summed E-state index contributed by atoms with van der Waals surface area (Å²) in [4.78, 5) is 0. The highest BCUT2D eigenvalue weighted by atomic mass is 32.2. The number of thioether (sulfide) groups is 1. The minimum absolute atomic E-state index is 0.122. The quantitative estimate of drug-likeness (QED) is 0.587. The van der Waals surface area contributed by atoms with Gasteiger partial charge in [0.2, 0.25) is 0 Å². The van der Waals surface area contributed by atoms with E-state index in [4.69, 9.17) is 14.6 Å². The van der Waals surface area contributed by atoms with Crippen molar-refractivity contribution in [1.82, 2.24) is 0 Å². The van der Waals surface area contributed by atoms with E-state index in [9.17, 15) is 0 Å².